The highest BCUT2D eigenvalue weighted by Crippen LogP contribution is 2.18. The van der Waals surface area contributed by atoms with Gasteiger partial charge in [0, 0.05) is 39.6 Å². The number of imidazole rings is 1. The van der Waals surface area contributed by atoms with E-state index >= 15 is 0 Å². The van der Waals surface area contributed by atoms with Crippen molar-refractivity contribution < 1.29 is 4.79 Å². The average molecular weight is 524 g/mol. The molecule has 1 aliphatic rings. The molecule has 2 heterocycles. The number of hydrogen-bond acceptors (Lipinski definition) is 3. The van der Waals surface area contributed by atoms with Gasteiger partial charge in [0.1, 0.15) is 5.82 Å². The number of amides is 1. The Bertz CT molecular complexity index is 822. The molecule has 8 heteroatoms. The number of benzene rings is 1. The van der Waals surface area contributed by atoms with Gasteiger partial charge >= 0.3 is 0 Å². The van der Waals surface area contributed by atoms with Gasteiger partial charge in [-0.05, 0) is 24.8 Å². The van der Waals surface area contributed by atoms with Crippen LogP contribution in [0.25, 0.3) is 11.3 Å². The largest absolute Gasteiger partial charge is 0.356 e. The standard InChI is InChI=1S/C22H32N6O.HI/c1-4-18(28-14-8-11-21(28)29)12-13-24-22(23-2)27(3)16-20-25-15-19(26-20)17-9-6-5-7-10-17;/h5-7,9-10,15,18H,4,8,11-14,16H2,1-3H3,(H,23,24)(H,25,26);1H. The number of carbonyl (C=O) groups is 1. The molecule has 0 aliphatic carbocycles. The van der Waals surface area contributed by atoms with Crippen LogP contribution in [0.1, 0.15) is 38.4 Å². The first-order valence-corrected chi connectivity index (χ1v) is 10.4. The van der Waals surface area contributed by atoms with Gasteiger partial charge in [-0.15, -0.1) is 24.0 Å². The molecule has 1 fully saturated rings. The van der Waals surface area contributed by atoms with Crippen molar-refractivity contribution in [2.24, 2.45) is 4.99 Å². The van der Waals surface area contributed by atoms with E-state index in [9.17, 15) is 4.79 Å². The van der Waals surface area contributed by atoms with E-state index < -0.39 is 0 Å². The zero-order valence-electron chi connectivity index (χ0n) is 18.1. The highest BCUT2D eigenvalue weighted by Gasteiger charge is 2.26. The third kappa shape index (κ3) is 6.20. The molecular weight excluding hydrogens is 491 g/mol. The molecule has 30 heavy (non-hydrogen) atoms. The molecule has 1 atom stereocenters. The Morgan fingerprint density at radius 1 is 1.37 bits per heavy atom. The van der Waals surface area contributed by atoms with Gasteiger partial charge in [0.25, 0.3) is 0 Å². The number of aliphatic imine (C=N–C) groups is 1. The molecule has 1 amide bonds. The number of rotatable bonds is 8. The molecule has 2 aromatic rings. The number of hydrogen-bond donors (Lipinski definition) is 2. The highest BCUT2D eigenvalue weighted by atomic mass is 127. The fraction of sp³-hybridized carbons (Fsp3) is 0.500. The van der Waals surface area contributed by atoms with Crippen molar-refractivity contribution in [3.63, 3.8) is 0 Å². The first-order valence-electron chi connectivity index (χ1n) is 10.4. The summed E-state index contributed by atoms with van der Waals surface area (Å²) in [6.07, 6.45) is 5.46. The van der Waals surface area contributed by atoms with Gasteiger partial charge in [0.05, 0.1) is 18.4 Å². The minimum absolute atomic E-state index is 0. The average Bonchev–Trinajstić information content (AvgIpc) is 3.38. The van der Waals surface area contributed by atoms with Crippen LogP contribution in [0.2, 0.25) is 0 Å². The fourth-order valence-corrected chi connectivity index (χ4v) is 3.88. The lowest BCUT2D eigenvalue weighted by atomic mass is 10.1. The van der Waals surface area contributed by atoms with Crippen molar-refractivity contribution in [3.8, 4) is 11.3 Å². The van der Waals surface area contributed by atoms with Crippen LogP contribution < -0.4 is 5.32 Å². The molecule has 1 unspecified atom stereocenters. The third-order valence-corrected chi connectivity index (χ3v) is 5.46. The molecule has 0 saturated carbocycles. The van der Waals surface area contributed by atoms with Gasteiger partial charge in [-0.3, -0.25) is 9.79 Å². The van der Waals surface area contributed by atoms with Crippen molar-refractivity contribution in [2.45, 2.75) is 45.2 Å². The van der Waals surface area contributed by atoms with E-state index in [0.717, 1.165) is 55.4 Å². The van der Waals surface area contributed by atoms with E-state index in [2.05, 4.69) is 44.2 Å². The predicted octanol–water partition coefficient (Wildman–Crippen LogP) is 3.49. The van der Waals surface area contributed by atoms with E-state index in [4.69, 9.17) is 0 Å². The van der Waals surface area contributed by atoms with Crippen LogP contribution in [0.3, 0.4) is 0 Å². The number of H-pyrrole nitrogens is 1. The molecule has 7 nitrogen and oxygen atoms in total. The van der Waals surface area contributed by atoms with Crippen LogP contribution in [0, 0.1) is 0 Å². The molecule has 1 aliphatic heterocycles. The SMILES string of the molecule is CCC(CCNC(=NC)N(C)Cc1ncc(-c2ccccc2)[nH]1)N1CCCC1=O.I. The first kappa shape index (κ1) is 24.2. The van der Waals surface area contributed by atoms with Crippen LogP contribution in [0.15, 0.2) is 41.5 Å². The lowest BCUT2D eigenvalue weighted by molar-refractivity contribution is -0.129. The minimum atomic E-state index is 0. The molecule has 1 aromatic heterocycles. The Hall–Kier alpha value is -2.10. The van der Waals surface area contributed by atoms with Gasteiger partial charge in [-0.25, -0.2) is 4.98 Å². The number of nitrogens with zero attached hydrogens (tertiary/aromatic N) is 4. The topological polar surface area (TPSA) is 76.6 Å². The van der Waals surface area contributed by atoms with Crippen LogP contribution in [-0.4, -0.2) is 64.9 Å². The van der Waals surface area contributed by atoms with E-state index in [1.807, 2.05) is 36.3 Å². The van der Waals surface area contributed by atoms with Gasteiger partial charge in [-0.1, -0.05) is 37.3 Å². The maximum absolute atomic E-state index is 12.0. The van der Waals surface area contributed by atoms with Crippen LogP contribution in [0.4, 0.5) is 0 Å². The van der Waals surface area contributed by atoms with E-state index in [1.165, 1.54) is 0 Å². The molecule has 2 N–H and O–H groups in total. The summed E-state index contributed by atoms with van der Waals surface area (Å²) in [5, 5.41) is 3.43. The highest BCUT2D eigenvalue weighted by molar-refractivity contribution is 14.0. The molecule has 3 rings (SSSR count). The van der Waals surface area contributed by atoms with E-state index in [0.29, 0.717) is 24.9 Å². The quantitative estimate of drug-likeness (QED) is 0.315. The van der Waals surface area contributed by atoms with Crippen molar-refractivity contribution >= 4 is 35.8 Å². The maximum Gasteiger partial charge on any atom is 0.222 e. The summed E-state index contributed by atoms with van der Waals surface area (Å²) in [7, 11) is 3.79. The second-order valence-electron chi connectivity index (χ2n) is 7.48. The fourth-order valence-electron chi connectivity index (χ4n) is 3.88. The molecule has 0 radical (unpaired) electrons. The van der Waals surface area contributed by atoms with E-state index in [-0.39, 0.29) is 24.0 Å². The molecule has 0 bridgehead atoms. The van der Waals surface area contributed by atoms with Gasteiger partial charge in [0.2, 0.25) is 5.91 Å². The molecule has 0 spiro atoms. The summed E-state index contributed by atoms with van der Waals surface area (Å²) in [4.78, 5) is 28.4. The Balaban J connectivity index is 0.00000320. The van der Waals surface area contributed by atoms with Crippen LogP contribution in [0.5, 0.6) is 0 Å². The van der Waals surface area contributed by atoms with Crippen LogP contribution >= 0.6 is 24.0 Å². The lowest BCUT2D eigenvalue weighted by Gasteiger charge is -2.28. The molecule has 1 saturated heterocycles. The smallest absolute Gasteiger partial charge is 0.222 e. The number of aromatic amines is 1. The Morgan fingerprint density at radius 2 is 2.13 bits per heavy atom. The van der Waals surface area contributed by atoms with Crippen molar-refractivity contribution in [2.75, 3.05) is 27.2 Å². The number of likely N-dealkylation sites (tertiary alicyclic amines) is 1. The summed E-state index contributed by atoms with van der Waals surface area (Å²) in [5.41, 5.74) is 2.14. The predicted molar refractivity (Wildman–Crippen MR) is 132 cm³/mol. The lowest BCUT2D eigenvalue weighted by Crippen LogP contribution is -2.42. The second kappa shape index (κ2) is 11.9. The Kier molecular flexibility index (Phi) is 9.61. The summed E-state index contributed by atoms with van der Waals surface area (Å²) in [5.74, 6) is 2.01. The van der Waals surface area contributed by atoms with Gasteiger partial charge < -0.3 is 20.1 Å². The molecular formula is C22H33IN6O. The number of carbonyl (C=O) groups excluding carboxylic acids is 1. The van der Waals surface area contributed by atoms with Crippen molar-refractivity contribution in [3.05, 3.63) is 42.4 Å². The van der Waals surface area contributed by atoms with Gasteiger partial charge in [-0.2, -0.15) is 0 Å². The number of aromatic nitrogens is 2. The summed E-state index contributed by atoms with van der Waals surface area (Å²) >= 11 is 0. The number of halogens is 1. The Morgan fingerprint density at radius 3 is 2.77 bits per heavy atom. The monoisotopic (exact) mass is 524 g/mol. The number of guanidine groups is 1. The van der Waals surface area contributed by atoms with Gasteiger partial charge in [0.15, 0.2) is 5.96 Å². The Labute approximate surface area is 196 Å². The summed E-state index contributed by atoms with van der Waals surface area (Å²) in [6.45, 7) is 4.47. The zero-order valence-corrected chi connectivity index (χ0v) is 20.4. The number of nitrogens with one attached hydrogen (secondary N) is 2. The van der Waals surface area contributed by atoms with Crippen molar-refractivity contribution in [1.82, 2.24) is 25.1 Å². The molecule has 1 aromatic carbocycles. The van der Waals surface area contributed by atoms with E-state index in [1.54, 1.807) is 7.05 Å². The second-order valence-corrected chi connectivity index (χ2v) is 7.48. The van der Waals surface area contributed by atoms with Crippen LogP contribution in [-0.2, 0) is 11.3 Å². The minimum Gasteiger partial charge on any atom is -0.356 e. The molecule has 164 valence electrons. The summed E-state index contributed by atoms with van der Waals surface area (Å²) < 4.78 is 0. The van der Waals surface area contributed by atoms with Crippen molar-refractivity contribution in [1.29, 1.82) is 0 Å². The third-order valence-electron chi connectivity index (χ3n) is 5.46. The first-order chi connectivity index (χ1) is 14.1. The zero-order chi connectivity index (χ0) is 20.6. The summed E-state index contributed by atoms with van der Waals surface area (Å²) in [6, 6.07) is 10.5. The maximum atomic E-state index is 12.0. The normalized spacial score (nSPS) is 15.1.